The van der Waals surface area contributed by atoms with Gasteiger partial charge in [-0.3, -0.25) is 4.79 Å². The molecule has 2 atom stereocenters. The second-order valence-corrected chi connectivity index (χ2v) is 6.31. The molecule has 0 bridgehead atoms. The van der Waals surface area contributed by atoms with Crippen molar-refractivity contribution in [1.82, 2.24) is 5.06 Å². The molecule has 1 amide bonds. The van der Waals surface area contributed by atoms with E-state index in [1.165, 1.54) is 16.4 Å². The van der Waals surface area contributed by atoms with E-state index < -0.39 is 6.29 Å². The molecule has 1 fully saturated rings. The molecule has 7 heteroatoms. The van der Waals surface area contributed by atoms with E-state index in [-0.39, 0.29) is 18.8 Å². The summed E-state index contributed by atoms with van der Waals surface area (Å²) >= 11 is 1.53. The Kier molecular flexibility index (Phi) is 3.68. The number of nitrogens with zero attached hydrogens (tertiary/aromatic N) is 1. The van der Waals surface area contributed by atoms with Crippen molar-refractivity contribution in [3.63, 3.8) is 0 Å². The van der Waals surface area contributed by atoms with Crippen LogP contribution in [0.1, 0.15) is 28.4 Å². The van der Waals surface area contributed by atoms with Crippen molar-refractivity contribution in [3.8, 4) is 11.5 Å². The molecule has 2 aliphatic heterocycles. The molecule has 1 aromatic carbocycles. The highest BCUT2D eigenvalue weighted by Crippen LogP contribution is 2.34. The van der Waals surface area contributed by atoms with Crippen LogP contribution in [0.15, 0.2) is 35.7 Å². The van der Waals surface area contributed by atoms with E-state index in [1.807, 2.05) is 24.4 Å². The van der Waals surface area contributed by atoms with Crippen LogP contribution in [0.4, 0.5) is 0 Å². The standard InChI is InChI=1S/C16H15NO5S/c1-10-8-17(22-16(21-10)14-3-2-6-23-14)15(18)11-4-5-12-13(7-11)20-9-19-12/h2-7,10,16H,8-9H2,1H3/t10-,16-/m0/s1. The van der Waals surface area contributed by atoms with E-state index in [2.05, 4.69) is 0 Å². The van der Waals surface area contributed by atoms with Gasteiger partial charge >= 0.3 is 0 Å². The zero-order chi connectivity index (χ0) is 15.8. The normalized spacial score (nSPS) is 23.1. The van der Waals surface area contributed by atoms with Gasteiger partial charge in [0.25, 0.3) is 5.91 Å². The third-order valence-corrected chi connectivity index (χ3v) is 4.52. The number of rotatable bonds is 2. The monoisotopic (exact) mass is 333 g/mol. The van der Waals surface area contributed by atoms with Crippen molar-refractivity contribution in [2.24, 2.45) is 0 Å². The largest absolute Gasteiger partial charge is 0.454 e. The number of hydrogen-bond donors (Lipinski definition) is 0. The highest BCUT2D eigenvalue weighted by Gasteiger charge is 2.32. The fourth-order valence-corrected chi connectivity index (χ4v) is 3.20. The Balaban J connectivity index is 1.55. The molecular formula is C16H15NO5S. The van der Waals surface area contributed by atoms with Crippen molar-refractivity contribution in [2.45, 2.75) is 19.3 Å². The molecule has 2 aliphatic rings. The van der Waals surface area contributed by atoms with Gasteiger partial charge in [0.15, 0.2) is 11.5 Å². The topological polar surface area (TPSA) is 57.2 Å². The number of carbonyl (C=O) groups is 1. The summed E-state index contributed by atoms with van der Waals surface area (Å²) in [5.74, 6) is 1.00. The first kappa shape index (κ1) is 14.5. The van der Waals surface area contributed by atoms with Gasteiger partial charge in [0.05, 0.1) is 17.5 Å². The first-order chi connectivity index (χ1) is 11.2. The number of amides is 1. The summed E-state index contributed by atoms with van der Waals surface area (Å²) in [6, 6.07) is 8.97. The number of ether oxygens (including phenoxy) is 3. The first-order valence-electron chi connectivity index (χ1n) is 7.28. The van der Waals surface area contributed by atoms with Crippen molar-refractivity contribution in [1.29, 1.82) is 0 Å². The lowest BCUT2D eigenvalue weighted by Gasteiger charge is -2.35. The molecule has 1 aromatic heterocycles. The quantitative estimate of drug-likeness (QED) is 0.846. The molecular weight excluding hydrogens is 318 g/mol. The van der Waals surface area contributed by atoms with Crippen molar-refractivity contribution >= 4 is 17.2 Å². The third-order valence-electron chi connectivity index (χ3n) is 3.62. The fourth-order valence-electron chi connectivity index (χ4n) is 2.52. The van der Waals surface area contributed by atoms with Gasteiger partial charge < -0.3 is 14.2 Å². The summed E-state index contributed by atoms with van der Waals surface area (Å²) in [4.78, 5) is 19.4. The smallest absolute Gasteiger partial charge is 0.277 e. The van der Waals surface area contributed by atoms with Gasteiger partial charge in [-0.25, -0.2) is 9.90 Å². The molecule has 0 saturated carbocycles. The lowest BCUT2D eigenvalue weighted by atomic mass is 10.2. The van der Waals surface area contributed by atoms with Crippen LogP contribution in [0, 0.1) is 0 Å². The minimum atomic E-state index is -0.559. The summed E-state index contributed by atoms with van der Waals surface area (Å²) in [5.41, 5.74) is 0.494. The van der Waals surface area contributed by atoms with Crippen LogP contribution in [0.25, 0.3) is 0 Å². The highest BCUT2D eigenvalue weighted by molar-refractivity contribution is 7.10. The zero-order valence-corrected chi connectivity index (χ0v) is 13.2. The van der Waals surface area contributed by atoms with E-state index in [0.29, 0.717) is 23.6 Å². The number of fused-ring (bicyclic) bond motifs is 1. The van der Waals surface area contributed by atoms with Crippen molar-refractivity contribution in [3.05, 3.63) is 46.2 Å². The molecule has 23 heavy (non-hydrogen) atoms. The lowest BCUT2D eigenvalue weighted by molar-refractivity contribution is -0.319. The molecule has 0 spiro atoms. The van der Waals surface area contributed by atoms with Crippen LogP contribution in [-0.2, 0) is 9.57 Å². The molecule has 4 rings (SSSR count). The molecule has 6 nitrogen and oxygen atoms in total. The molecule has 3 heterocycles. The second-order valence-electron chi connectivity index (χ2n) is 5.33. The number of carbonyl (C=O) groups excluding carboxylic acids is 1. The summed E-state index contributed by atoms with van der Waals surface area (Å²) < 4.78 is 16.4. The van der Waals surface area contributed by atoms with Gasteiger partial charge in [-0.1, -0.05) is 6.07 Å². The summed E-state index contributed by atoms with van der Waals surface area (Å²) in [6.07, 6.45) is -0.675. The Morgan fingerprint density at radius 2 is 2.13 bits per heavy atom. The average molecular weight is 333 g/mol. The van der Waals surface area contributed by atoms with Crippen molar-refractivity contribution in [2.75, 3.05) is 13.3 Å². The number of hydrogen-bond acceptors (Lipinski definition) is 6. The third kappa shape index (κ3) is 2.78. The van der Waals surface area contributed by atoms with E-state index >= 15 is 0 Å². The maximum Gasteiger partial charge on any atom is 0.277 e. The summed E-state index contributed by atoms with van der Waals surface area (Å²) in [6.45, 7) is 2.47. The highest BCUT2D eigenvalue weighted by atomic mass is 32.1. The molecule has 2 aromatic rings. The van der Waals surface area contributed by atoms with Gasteiger partial charge in [0.1, 0.15) is 0 Å². The molecule has 0 aliphatic carbocycles. The van der Waals surface area contributed by atoms with Crippen LogP contribution >= 0.6 is 11.3 Å². The van der Waals surface area contributed by atoms with E-state index in [0.717, 1.165) is 4.88 Å². The predicted molar refractivity (Wildman–Crippen MR) is 82.3 cm³/mol. The molecule has 120 valence electrons. The van der Waals surface area contributed by atoms with Crippen LogP contribution in [0.3, 0.4) is 0 Å². The SMILES string of the molecule is C[C@H]1CN(C(=O)c2ccc3c(c2)OCO3)O[C@@H](c2cccs2)O1. The Labute approximate surface area is 137 Å². The van der Waals surface area contributed by atoms with Crippen LogP contribution in [0.5, 0.6) is 11.5 Å². The van der Waals surface area contributed by atoms with Gasteiger partial charge in [0, 0.05) is 5.56 Å². The summed E-state index contributed by atoms with van der Waals surface area (Å²) in [5, 5.41) is 3.31. The number of thiophene rings is 1. The van der Waals surface area contributed by atoms with Gasteiger partial charge in [0.2, 0.25) is 13.1 Å². The minimum absolute atomic E-state index is 0.117. The first-order valence-corrected chi connectivity index (χ1v) is 8.16. The maximum absolute atomic E-state index is 12.7. The maximum atomic E-state index is 12.7. The Morgan fingerprint density at radius 3 is 2.96 bits per heavy atom. The van der Waals surface area contributed by atoms with Gasteiger partial charge in [-0.15, -0.1) is 11.3 Å². The Hall–Kier alpha value is -2.09. The summed E-state index contributed by atoms with van der Waals surface area (Å²) in [7, 11) is 0. The molecule has 1 saturated heterocycles. The zero-order valence-electron chi connectivity index (χ0n) is 12.4. The van der Waals surface area contributed by atoms with Gasteiger partial charge in [-0.05, 0) is 36.6 Å². The number of benzene rings is 1. The fraction of sp³-hybridized carbons (Fsp3) is 0.312. The Morgan fingerprint density at radius 1 is 1.26 bits per heavy atom. The van der Waals surface area contributed by atoms with E-state index in [1.54, 1.807) is 18.2 Å². The van der Waals surface area contributed by atoms with E-state index in [9.17, 15) is 4.79 Å². The van der Waals surface area contributed by atoms with Crippen LogP contribution < -0.4 is 9.47 Å². The van der Waals surface area contributed by atoms with Gasteiger partial charge in [-0.2, -0.15) is 0 Å². The predicted octanol–water partition coefficient (Wildman–Crippen LogP) is 2.97. The second kappa shape index (κ2) is 5.84. The Bertz CT molecular complexity index is 717. The molecule has 0 N–H and O–H groups in total. The number of hydroxylamine groups is 2. The molecule has 0 unspecified atom stereocenters. The minimum Gasteiger partial charge on any atom is -0.454 e. The average Bonchev–Trinajstić information content (AvgIpc) is 3.24. The van der Waals surface area contributed by atoms with Crippen molar-refractivity contribution < 1.29 is 23.8 Å². The molecule has 0 radical (unpaired) electrons. The lowest BCUT2D eigenvalue weighted by Crippen LogP contribution is -2.44. The van der Waals surface area contributed by atoms with Crippen LogP contribution in [-0.4, -0.2) is 30.4 Å². The van der Waals surface area contributed by atoms with Crippen LogP contribution in [0.2, 0.25) is 0 Å². The van der Waals surface area contributed by atoms with E-state index in [4.69, 9.17) is 19.0 Å².